The van der Waals surface area contributed by atoms with Gasteiger partial charge in [-0.05, 0) is 58.9 Å². The van der Waals surface area contributed by atoms with Crippen LogP contribution in [0.4, 0.5) is 0 Å². The maximum atomic E-state index is 11.7. The number of amides is 1. The molecule has 4 heteroatoms. The highest BCUT2D eigenvalue weighted by molar-refractivity contribution is 5.77. The van der Waals surface area contributed by atoms with E-state index in [1.165, 1.54) is 12.8 Å². The van der Waals surface area contributed by atoms with Gasteiger partial charge in [0.2, 0.25) is 5.91 Å². The number of piperidine rings is 1. The van der Waals surface area contributed by atoms with E-state index in [1.54, 1.807) is 0 Å². The standard InChI is InChI=1S/C13H27N3O/c1-12-5-9-16(10-6-12)11-13(17)14-7-4-8-15(2)3/h12H,4-11H2,1-3H3,(H,14,17). The van der Waals surface area contributed by atoms with Gasteiger partial charge in [-0.2, -0.15) is 0 Å². The van der Waals surface area contributed by atoms with Gasteiger partial charge in [0.05, 0.1) is 6.54 Å². The molecule has 1 rings (SSSR count). The van der Waals surface area contributed by atoms with Gasteiger partial charge in [0.15, 0.2) is 0 Å². The maximum absolute atomic E-state index is 11.7. The van der Waals surface area contributed by atoms with Crippen LogP contribution in [0, 0.1) is 5.92 Å². The molecule has 1 amide bonds. The first-order valence-electron chi connectivity index (χ1n) is 6.71. The Bertz CT molecular complexity index is 223. The summed E-state index contributed by atoms with van der Waals surface area (Å²) >= 11 is 0. The SMILES string of the molecule is CC1CCN(CC(=O)NCCCN(C)C)CC1. The van der Waals surface area contributed by atoms with E-state index in [0.29, 0.717) is 6.54 Å². The second-order valence-electron chi connectivity index (χ2n) is 5.47. The maximum Gasteiger partial charge on any atom is 0.234 e. The molecule has 1 fully saturated rings. The van der Waals surface area contributed by atoms with Crippen LogP contribution in [0.2, 0.25) is 0 Å². The molecule has 1 aliphatic rings. The number of nitrogens with zero attached hydrogens (tertiary/aromatic N) is 2. The lowest BCUT2D eigenvalue weighted by Crippen LogP contribution is -2.41. The minimum Gasteiger partial charge on any atom is -0.355 e. The smallest absolute Gasteiger partial charge is 0.234 e. The molecule has 0 unspecified atom stereocenters. The van der Waals surface area contributed by atoms with E-state index in [-0.39, 0.29) is 5.91 Å². The summed E-state index contributed by atoms with van der Waals surface area (Å²) in [4.78, 5) is 16.1. The highest BCUT2D eigenvalue weighted by Crippen LogP contribution is 2.15. The summed E-state index contributed by atoms with van der Waals surface area (Å²) in [5.41, 5.74) is 0. The number of carbonyl (C=O) groups excluding carboxylic acids is 1. The summed E-state index contributed by atoms with van der Waals surface area (Å²) in [5, 5.41) is 2.99. The predicted octanol–water partition coefficient (Wildman–Crippen LogP) is 0.786. The van der Waals surface area contributed by atoms with Gasteiger partial charge >= 0.3 is 0 Å². The van der Waals surface area contributed by atoms with E-state index in [2.05, 4.69) is 36.1 Å². The van der Waals surface area contributed by atoms with Crippen molar-refractivity contribution in [3.63, 3.8) is 0 Å². The van der Waals surface area contributed by atoms with E-state index in [9.17, 15) is 4.79 Å². The first-order chi connectivity index (χ1) is 8.08. The van der Waals surface area contributed by atoms with Crippen LogP contribution < -0.4 is 5.32 Å². The van der Waals surface area contributed by atoms with Crippen LogP contribution in [-0.4, -0.2) is 62.5 Å². The van der Waals surface area contributed by atoms with Crippen LogP contribution in [0.5, 0.6) is 0 Å². The molecular formula is C13H27N3O. The predicted molar refractivity (Wildman–Crippen MR) is 71.0 cm³/mol. The van der Waals surface area contributed by atoms with Crippen LogP contribution in [0.15, 0.2) is 0 Å². The molecule has 0 bridgehead atoms. The second kappa shape index (κ2) is 7.67. The Balaban J connectivity index is 2.04. The van der Waals surface area contributed by atoms with Crippen LogP contribution >= 0.6 is 0 Å². The van der Waals surface area contributed by atoms with Crippen LogP contribution in [-0.2, 0) is 4.79 Å². The molecular weight excluding hydrogens is 214 g/mol. The van der Waals surface area contributed by atoms with Crippen molar-refractivity contribution in [3.05, 3.63) is 0 Å². The Kier molecular flexibility index (Phi) is 6.52. The Morgan fingerprint density at radius 2 is 2.00 bits per heavy atom. The summed E-state index contributed by atoms with van der Waals surface area (Å²) < 4.78 is 0. The van der Waals surface area contributed by atoms with Gasteiger partial charge in [-0.15, -0.1) is 0 Å². The lowest BCUT2D eigenvalue weighted by atomic mass is 9.99. The van der Waals surface area contributed by atoms with E-state index < -0.39 is 0 Å². The monoisotopic (exact) mass is 241 g/mol. The topological polar surface area (TPSA) is 35.6 Å². The Hall–Kier alpha value is -0.610. The number of likely N-dealkylation sites (tertiary alicyclic amines) is 1. The molecule has 4 nitrogen and oxygen atoms in total. The van der Waals surface area contributed by atoms with Crippen molar-refractivity contribution in [1.29, 1.82) is 0 Å². The van der Waals surface area contributed by atoms with Crippen molar-refractivity contribution in [2.45, 2.75) is 26.2 Å². The lowest BCUT2D eigenvalue weighted by molar-refractivity contribution is -0.122. The van der Waals surface area contributed by atoms with Gasteiger partial charge < -0.3 is 10.2 Å². The third-order valence-corrected chi connectivity index (χ3v) is 3.35. The van der Waals surface area contributed by atoms with Crippen molar-refractivity contribution in [1.82, 2.24) is 15.1 Å². The fourth-order valence-electron chi connectivity index (χ4n) is 2.10. The number of nitrogens with one attached hydrogen (secondary N) is 1. The molecule has 0 aliphatic carbocycles. The molecule has 0 atom stereocenters. The number of carbonyl (C=O) groups is 1. The summed E-state index contributed by atoms with van der Waals surface area (Å²) in [6.45, 7) is 6.84. The highest BCUT2D eigenvalue weighted by atomic mass is 16.2. The van der Waals surface area contributed by atoms with Crippen LogP contribution in [0.25, 0.3) is 0 Å². The van der Waals surface area contributed by atoms with E-state index >= 15 is 0 Å². The fourth-order valence-corrected chi connectivity index (χ4v) is 2.10. The largest absolute Gasteiger partial charge is 0.355 e. The van der Waals surface area contributed by atoms with Crippen molar-refractivity contribution in [2.75, 3.05) is 46.8 Å². The van der Waals surface area contributed by atoms with Crippen molar-refractivity contribution >= 4 is 5.91 Å². The van der Waals surface area contributed by atoms with E-state index in [4.69, 9.17) is 0 Å². The Morgan fingerprint density at radius 1 is 1.35 bits per heavy atom. The van der Waals surface area contributed by atoms with Crippen molar-refractivity contribution in [2.24, 2.45) is 5.92 Å². The molecule has 0 radical (unpaired) electrons. The summed E-state index contributed by atoms with van der Waals surface area (Å²) in [5.74, 6) is 1.01. The quantitative estimate of drug-likeness (QED) is 0.698. The average molecular weight is 241 g/mol. The molecule has 0 aromatic rings. The van der Waals surface area contributed by atoms with Crippen LogP contribution in [0.1, 0.15) is 26.2 Å². The van der Waals surface area contributed by atoms with E-state index in [1.807, 2.05) is 0 Å². The Labute approximate surface area is 105 Å². The number of hydrogen-bond acceptors (Lipinski definition) is 3. The molecule has 1 N–H and O–H groups in total. The minimum absolute atomic E-state index is 0.179. The first kappa shape index (κ1) is 14.5. The molecule has 0 spiro atoms. The normalized spacial score (nSPS) is 18.6. The second-order valence-corrected chi connectivity index (χ2v) is 5.47. The highest BCUT2D eigenvalue weighted by Gasteiger charge is 2.17. The molecule has 1 saturated heterocycles. The number of hydrogen-bond donors (Lipinski definition) is 1. The summed E-state index contributed by atoms with van der Waals surface area (Å²) in [7, 11) is 4.10. The van der Waals surface area contributed by atoms with E-state index in [0.717, 1.165) is 38.5 Å². The van der Waals surface area contributed by atoms with Gasteiger partial charge in [0.1, 0.15) is 0 Å². The zero-order valence-electron chi connectivity index (χ0n) is 11.5. The van der Waals surface area contributed by atoms with Crippen molar-refractivity contribution in [3.8, 4) is 0 Å². The van der Waals surface area contributed by atoms with Gasteiger partial charge in [0.25, 0.3) is 0 Å². The molecule has 0 aromatic carbocycles. The lowest BCUT2D eigenvalue weighted by Gasteiger charge is -2.29. The first-order valence-corrected chi connectivity index (χ1v) is 6.71. The summed E-state index contributed by atoms with van der Waals surface area (Å²) in [6.07, 6.45) is 3.48. The van der Waals surface area contributed by atoms with Gasteiger partial charge in [-0.25, -0.2) is 0 Å². The molecule has 17 heavy (non-hydrogen) atoms. The molecule has 0 aromatic heterocycles. The number of rotatable bonds is 6. The zero-order chi connectivity index (χ0) is 12.7. The molecule has 1 aliphatic heterocycles. The molecule has 1 heterocycles. The fraction of sp³-hybridized carbons (Fsp3) is 0.923. The zero-order valence-corrected chi connectivity index (χ0v) is 11.5. The average Bonchev–Trinajstić information content (AvgIpc) is 2.27. The summed E-state index contributed by atoms with van der Waals surface area (Å²) in [6, 6.07) is 0. The molecule has 100 valence electrons. The van der Waals surface area contributed by atoms with Crippen molar-refractivity contribution < 1.29 is 4.79 Å². The van der Waals surface area contributed by atoms with Crippen LogP contribution in [0.3, 0.4) is 0 Å². The third kappa shape index (κ3) is 6.64. The van der Waals surface area contributed by atoms with Gasteiger partial charge in [0, 0.05) is 6.54 Å². The van der Waals surface area contributed by atoms with Gasteiger partial charge in [-0.1, -0.05) is 6.92 Å². The minimum atomic E-state index is 0.179. The van der Waals surface area contributed by atoms with Gasteiger partial charge in [-0.3, -0.25) is 9.69 Å². The molecule has 0 saturated carbocycles. The third-order valence-electron chi connectivity index (χ3n) is 3.35. The Morgan fingerprint density at radius 3 is 2.59 bits per heavy atom.